The second-order valence-electron chi connectivity index (χ2n) is 6.54. The maximum atomic E-state index is 12.3. The summed E-state index contributed by atoms with van der Waals surface area (Å²) >= 11 is 0. The number of hydrogen-bond donors (Lipinski definition) is 3. The summed E-state index contributed by atoms with van der Waals surface area (Å²) in [6.45, 7) is 3.30. The summed E-state index contributed by atoms with van der Waals surface area (Å²) in [4.78, 5) is 14.9. The zero-order chi connectivity index (χ0) is 15.7. The lowest BCUT2D eigenvalue weighted by Crippen LogP contribution is -2.54. The number of carbonyl (C=O) groups is 1. The highest BCUT2D eigenvalue weighted by molar-refractivity contribution is 5.97. The number of piperidine rings is 2. The first-order valence-electron chi connectivity index (χ1n) is 8.14. The fraction of sp³-hybridized carbons (Fsp3) is 0.588. The van der Waals surface area contributed by atoms with E-state index < -0.39 is 0 Å². The van der Waals surface area contributed by atoms with Gasteiger partial charge in [-0.3, -0.25) is 9.69 Å². The number of hydrogen-bond acceptors (Lipinski definition) is 4. The van der Waals surface area contributed by atoms with Crippen LogP contribution in [0.15, 0.2) is 18.2 Å². The Morgan fingerprint density at radius 3 is 2.91 bits per heavy atom. The van der Waals surface area contributed by atoms with Gasteiger partial charge < -0.3 is 15.5 Å². The van der Waals surface area contributed by atoms with Crippen molar-refractivity contribution in [2.75, 3.05) is 6.54 Å². The highest BCUT2D eigenvalue weighted by atomic mass is 16.3. The minimum Gasteiger partial charge on any atom is -0.504 e. The first kappa shape index (κ1) is 15.2. The molecule has 120 valence electrons. The highest BCUT2D eigenvalue weighted by Gasteiger charge is 2.34. The molecule has 0 spiro atoms. The number of carbonyl (C=O) groups excluding carboxylic acids is 1. The quantitative estimate of drug-likeness (QED) is 0.733. The molecule has 0 bridgehead atoms. The summed E-state index contributed by atoms with van der Waals surface area (Å²) in [6, 6.07) is 5.80. The van der Waals surface area contributed by atoms with Crippen LogP contribution in [0.5, 0.6) is 11.5 Å². The van der Waals surface area contributed by atoms with Crippen molar-refractivity contribution in [1.82, 2.24) is 10.2 Å². The van der Waals surface area contributed by atoms with Gasteiger partial charge in [0.2, 0.25) is 0 Å². The Labute approximate surface area is 130 Å². The van der Waals surface area contributed by atoms with Gasteiger partial charge in [0.1, 0.15) is 0 Å². The van der Waals surface area contributed by atoms with Crippen molar-refractivity contribution in [2.45, 2.75) is 57.2 Å². The average molecular weight is 304 g/mol. The van der Waals surface area contributed by atoms with Crippen LogP contribution in [-0.4, -0.2) is 45.7 Å². The van der Waals surface area contributed by atoms with E-state index in [1.807, 2.05) is 0 Å². The summed E-state index contributed by atoms with van der Waals surface area (Å²) in [5.74, 6) is -0.914. The van der Waals surface area contributed by atoms with Crippen molar-refractivity contribution in [3.05, 3.63) is 23.8 Å². The summed E-state index contributed by atoms with van der Waals surface area (Å²) in [5, 5.41) is 22.3. The fourth-order valence-corrected chi connectivity index (χ4v) is 3.86. The number of phenols is 2. The third kappa shape index (κ3) is 2.90. The predicted molar refractivity (Wildman–Crippen MR) is 84.1 cm³/mol. The van der Waals surface area contributed by atoms with Gasteiger partial charge in [0, 0.05) is 24.7 Å². The first-order chi connectivity index (χ1) is 10.6. The molecular weight excluding hydrogens is 280 g/mol. The van der Waals surface area contributed by atoms with Gasteiger partial charge in [-0.05, 0) is 44.7 Å². The van der Waals surface area contributed by atoms with E-state index in [0.29, 0.717) is 12.1 Å². The van der Waals surface area contributed by atoms with Crippen molar-refractivity contribution in [3.8, 4) is 11.5 Å². The molecule has 1 aromatic carbocycles. The van der Waals surface area contributed by atoms with Crippen LogP contribution in [0.1, 0.15) is 49.4 Å². The summed E-state index contributed by atoms with van der Waals surface area (Å²) < 4.78 is 0. The van der Waals surface area contributed by atoms with Crippen LogP contribution in [-0.2, 0) is 0 Å². The van der Waals surface area contributed by atoms with E-state index in [1.165, 1.54) is 31.4 Å². The Balaban J connectivity index is 1.64. The number of fused-ring (bicyclic) bond motifs is 1. The predicted octanol–water partition coefficient (Wildman–Crippen LogP) is 2.23. The van der Waals surface area contributed by atoms with Crippen molar-refractivity contribution < 1.29 is 15.0 Å². The molecule has 2 fully saturated rings. The van der Waals surface area contributed by atoms with Gasteiger partial charge in [-0.15, -0.1) is 0 Å². The number of rotatable bonds is 2. The maximum Gasteiger partial charge on any atom is 0.255 e. The Bertz CT molecular complexity index is 561. The second kappa shape index (κ2) is 6.16. The Kier molecular flexibility index (Phi) is 4.25. The third-order valence-electron chi connectivity index (χ3n) is 5.08. The largest absolute Gasteiger partial charge is 0.504 e. The molecular formula is C17H24N2O3. The Hall–Kier alpha value is -1.75. The Morgan fingerprint density at radius 1 is 1.27 bits per heavy atom. The standard InChI is InChI=1S/C17H24N2O3/c1-11-4-2-5-13-10-12(8-9-19(11)13)18-17(22)14-6-3-7-15(20)16(14)21/h3,6-7,11-13,20-21H,2,4-5,8-10H2,1H3,(H,18,22)/t11-,12+,13-/m1/s1. The number of para-hydroxylation sites is 1. The van der Waals surface area contributed by atoms with E-state index >= 15 is 0 Å². The molecule has 3 rings (SSSR count). The zero-order valence-corrected chi connectivity index (χ0v) is 13.0. The molecule has 1 amide bonds. The van der Waals surface area contributed by atoms with E-state index in [9.17, 15) is 15.0 Å². The molecule has 1 aromatic rings. The molecule has 5 nitrogen and oxygen atoms in total. The van der Waals surface area contributed by atoms with Gasteiger partial charge in [-0.25, -0.2) is 0 Å². The van der Waals surface area contributed by atoms with Crippen LogP contribution >= 0.6 is 0 Å². The van der Waals surface area contributed by atoms with Gasteiger partial charge in [0.25, 0.3) is 5.91 Å². The van der Waals surface area contributed by atoms with Crippen molar-refractivity contribution >= 4 is 5.91 Å². The smallest absolute Gasteiger partial charge is 0.255 e. The molecule has 2 aliphatic heterocycles. The van der Waals surface area contributed by atoms with Gasteiger partial charge in [0.15, 0.2) is 11.5 Å². The zero-order valence-electron chi connectivity index (χ0n) is 13.0. The topological polar surface area (TPSA) is 72.8 Å². The molecule has 0 radical (unpaired) electrons. The van der Waals surface area contributed by atoms with E-state index in [1.54, 1.807) is 6.07 Å². The van der Waals surface area contributed by atoms with E-state index in [2.05, 4.69) is 17.1 Å². The normalized spacial score (nSPS) is 28.9. The number of amides is 1. The van der Waals surface area contributed by atoms with Crippen LogP contribution in [0.3, 0.4) is 0 Å². The number of phenolic OH excluding ortho intramolecular Hbond substituents is 2. The van der Waals surface area contributed by atoms with Crippen LogP contribution in [0.4, 0.5) is 0 Å². The van der Waals surface area contributed by atoms with Crippen LogP contribution in [0, 0.1) is 0 Å². The second-order valence-corrected chi connectivity index (χ2v) is 6.54. The minimum absolute atomic E-state index is 0.138. The van der Waals surface area contributed by atoms with Gasteiger partial charge in [0.05, 0.1) is 5.56 Å². The molecule has 0 unspecified atom stereocenters. The summed E-state index contributed by atoms with van der Waals surface area (Å²) in [5.41, 5.74) is 0.138. The average Bonchev–Trinajstić information content (AvgIpc) is 2.50. The lowest BCUT2D eigenvalue weighted by atomic mass is 9.87. The lowest BCUT2D eigenvalue weighted by molar-refractivity contribution is 0.0457. The molecule has 3 atom stereocenters. The van der Waals surface area contributed by atoms with Gasteiger partial charge in [-0.2, -0.15) is 0 Å². The number of nitrogens with zero attached hydrogens (tertiary/aromatic N) is 1. The SMILES string of the molecule is C[C@@H]1CCC[C@@H]2C[C@@H](NC(=O)c3cccc(O)c3O)CCN21. The number of aromatic hydroxyl groups is 2. The molecule has 5 heteroatoms. The van der Waals surface area contributed by atoms with Crippen LogP contribution in [0.2, 0.25) is 0 Å². The van der Waals surface area contributed by atoms with E-state index in [4.69, 9.17) is 0 Å². The first-order valence-corrected chi connectivity index (χ1v) is 8.14. The van der Waals surface area contributed by atoms with E-state index in [0.717, 1.165) is 19.4 Å². The van der Waals surface area contributed by atoms with Gasteiger partial charge >= 0.3 is 0 Å². The molecule has 3 N–H and O–H groups in total. The van der Waals surface area contributed by atoms with Crippen molar-refractivity contribution in [1.29, 1.82) is 0 Å². The van der Waals surface area contributed by atoms with Gasteiger partial charge in [-0.1, -0.05) is 12.5 Å². The van der Waals surface area contributed by atoms with Crippen LogP contribution < -0.4 is 5.32 Å². The molecule has 2 heterocycles. The van der Waals surface area contributed by atoms with Crippen molar-refractivity contribution in [3.63, 3.8) is 0 Å². The Morgan fingerprint density at radius 2 is 2.09 bits per heavy atom. The molecule has 0 saturated carbocycles. The van der Waals surface area contributed by atoms with E-state index in [-0.39, 0.29) is 29.0 Å². The highest BCUT2D eigenvalue weighted by Crippen LogP contribution is 2.31. The molecule has 22 heavy (non-hydrogen) atoms. The lowest BCUT2D eigenvalue weighted by Gasteiger charge is -2.46. The number of nitrogens with one attached hydrogen (secondary N) is 1. The van der Waals surface area contributed by atoms with Crippen molar-refractivity contribution in [2.24, 2.45) is 0 Å². The van der Waals surface area contributed by atoms with Crippen LogP contribution in [0.25, 0.3) is 0 Å². The molecule has 2 saturated heterocycles. The molecule has 0 aliphatic carbocycles. The fourth-order valence-electron chi connectivity index (χ4n) is 3.86. The molecule has 0 aromatic heterocycles. The maximum absolute atomic E-state index is 12.3. The number of benzene rings is 1. The minimum atomic E-state index is -0.344. The molecule has 2 aliphatic rings. The third-order valence-corrected chi connectivity index (χ3v) is 5.08. The summed E-state index contributed by atoms with van der Waals surface area (Å²) in [7, 11) is 0. The monoisotopic (exact) mass is 304 g/mol. The summed E-state index contributed by atoms with van der Waals surface area (Å²) in [6.07, 6.45) is 5.64.